The van der Waals surface area contributed by atoms with Crippen molar-refractivity contribution in [1.29, 1.82) is 0 Å². The van der Waals surface area contributed by atoms with Crippen LogP contribution >= 0.6 is 0 Å². The highest BCUT2D eigenvalue weighted by Gasteiger charge is 2.31. The van der Waals surface area contributed by atoms with Gasteiger partial charge in [0.25, 0.3) is 0 Å². The van der Waals surface area contributed by atoms with Gasteiger partial charge in [-0.05, 0) is 50.6 Å². The third kappa shape index (κ3) is 5.77. The van der Waals surface area contributed by atoms with Crippen molar-refractivity contribution in [2.24, 2.45) is 0 Å². The van der Waals surface area contributed by atoms with E-state index in [1.165, 1.54) is 0 Å². The summed E-state index contributed by atoms with van der Waals surface area (Å²) in [5.41, 5.74) is 8.59. The van der Waals surface area contributed by atoms with E-state index >= 15 is 0 Å². The van der Waals surface area contributed by atoms with Crippen LogP contribution in [-0.4, -0.2) is 47.4 Å². The number of amides is 2. The first-order valence-electron chi connectivity index (χ1n) is 9.96. The second-order valence-electron chi connectivity index (χ2n) is 7.70. The van der Waals surface area contributed by atoms with Crippen molar-refractivity contribution in [3.63, 3.8) is 0 Å². The van der Waals surface area contributed by atoms with Crippen molar-refractivity contribution >= 4 is 17.6 Å². The average Bonchev–Trinajstić information content (AvgIpc) is 3.13. The van der Waals surface area contributed by atoms with Crippen LogP contribution in [0, 0.1) is 6.92 Å². The molecule has 3 rings (SSSR count). The lowest BCUT2D eigenvalue weighted by Gasteiger charge is -2.24. The van der Waals surface area contributed by atoms with Gasteiger partial charge in [0, 0.05) is 19.2 Å². The van der Waals surface area contributed by atoms with Crippen LogP contribution < -0.4 is 16.4 Å². The molecule has 2 aromatic rings. The number of benzene rings is 1. The molecule has 2 amide bonds. The van der Waals surface area contributed by atoms with E-state index in [2.05, 4.69) is 15.6 Å². The number of hydrogen-bond donors (Lipinski definition) is 3. The van der Waals surface area contributed by atoms with Crippen LogP contribution in [0.15, 0.2) is 42.6 Å². The molecule has 1 aliphatic heterocycles. The number of likely N-dealkylation sites (N-methyl/N-ethyl adjacent to an activating group) is 1. The van der Waals surface area contributed by atoms with Crippen LogP contribution in [0.2, 0.25) is 0 Å². The number of nitrogens with zero attached hydrogens (tertiary/aromatic N) is 2. The Hall–Kier alpha value is -2.93. The topological polar surface area (TPSA) is 100 Å². The Labute approximate surface area is 171 Å². The molecule has 1 fully saturated rings. The molecule has 0 bridgehead atoms. The number of pyridine rings is 1. The first-order chi connectivity index (χ1) is 13.9. The Morgan fingerprint density at radius 3 is 2.76 bits per heavy atom. The first kappa shape index (κ1) is 20.8. The van der Waals surface area contributed by atoms with E-state index in [0.717, 1.165) is 36.1 Å². The lowest BCUT2D eigenvalue weighted by atomic mass is 10.0. The second-order valence-corrected chi connectivity index (χ2v) is 7.70. The zero-order valence-corrected chi connectivity index (χ0v) is 17.0. The largest absolute Gasteiger partial charge is 0.384 e. The third-order valence-electron chi connectivity index (χ3n) is 5.29. The highest BCUT2D eigenvalue weighted by molar-refractivity contribution is 5.90. The lowest BCUT2D eigenvalue weighted by molar-refractivity contribution is -0.131. The molecule has 7 nitrogen and oxygen atoms in total. The van der Waals surface area contributed by atoms with Gasteiger partial charge < -0.3 is 16.4 Å². The molecule has 2 heterocycles. The smallest absolute Gasteiger partial charge is 0.243 e. The molecule has 0 saturated carbocycles. The van der Waals surface area contributed by atoms with Gasteiger partial charge >= 0.3 is 0 Å². The maximum absolute atomic E-state index is 12.9. The van der Waals surface area contributed by atoms with Gasteiger partial charge in [-0.15, -0.1) is 0 Å². The molecular weight excluding hydrogens is 366 g/mol. The Morgan fingerprint density at radius 2 is 2.10 bits per heavy atom. The summed E-state index contributed by atoms with van der Waals surface area (Å²) in [7, 11) is 1.95. The fourth-order valence-electron chi connectivity index (χ4n) is 3.65. The molecule has 1 aromatic heterocycles. The normalized spacial score (nSPS) is 17.7. The predicted molar refractivity (Wildman–Crippen MR) is 113 cm³/mol. The summed E-state index contributed by atoms with van der Waals surface area (Å²) in [5.74, 6) is 0.134. The number of carbonyl (C=O) groups is 2. The molecule has 0 unspecified atom stereocenters. The molecular formula is C22H29N5O2. The van der Waals surface area contributed by atoms with Crippen LogP contribution in [0.5, 0.6) is 0 Å². The standard InChI is InChI=1S/C22H29N5O2/c1-15-5-3-6-16(11-15)12-18(26-22(29)19-7-4-10-27(19)2)21(28)25-14-17-8-9-20(23)24-13-17/h3,5-6,8-9,11,13,18-19H,4,7,10,12,14H2,1-2H3,(H2,23,24)(H,25,28)(H,26,29)/t18-,19+/m0/s1. The fraction of sp³-hybridized carbons (Fsp3) is 0.409. The number of likely N-dealkylation sites (tertiary alicyclic amines) is 1. The predicted octanol–water partition coefficient (Wildman–Crippen LogP) is 1.41. The van der Waals surface area contributed by atoms with Gasteiger partial charge in [0.15, 0.2) is 0 Å². The maximum atomic E-state index is 12.9. The van der Waals surface area contributed by atoms with E-state index in [1.807, 2.05) is 49.2 Å². The van der Waals surface area contributed by atoms with Crippen LogP contribution in [0.1, 0.15) is 29.5 Å². The Balaban J connectivity index is 1.69. The van der Waals surface area contributed by atoms with Gasteiger partial charge in [-0.25, -0.2) is 4.98 Å². The van der Waals surface area contributed by atoms with Crippen LogP contribution in [-0.2, 0) is 22.6 Å². The van der Waals surface area contributed by atoms with Crippen LogP contribution in [0.25, 0.3) is 0 Å². The number of nitrogens with one attached hydrogen (secondary N) is 2. The minimum absolute atomic E-state index is 0.0908. The summed E-state index contributed by atoms with van der Waals surface area (Å²) in [6, 6.07) is 10.7. The first-order valence-corrected chi connectivity index (χ1v) is 9.96. The van der Waals surface area contributed by atoms with E-state index in [-0.39, 0.29) is 17.9 Å². The van der Waals surface area contributed by atoms with Crippen molar-refractivity contribution < 1.29 is 9.59 Å². The summed E-state index contributed by atoms with van der Waals surface area (Å²) in [6.07, 6.45) is 3.89. The van der Waals surface area contributed by atoms with E-state index in [9.17, 15) is 9.59 Å². The minimum atomic E-state index is -0.639. The Morgan fingerprint density at radius 1 is 1.28 bits per heavy atom. The summed E-state index contributed by atoms with van der Waals surface area (Å²) >= 11 is 0. The number of carbonyl (C=O) groups excluding carboxylic acids is 2. The van der Waals surface area contributed by atoms with E-state index in [4.69, 9.17) is 5.73 Å². The number of aryl methyl sites for hydroxylation is 1. The average molecular weight is 396 g/mol. The molecule has 0 spiro atoms. The molecule has 0 radical (unpaired) electrons. The summed E-state index contributed by atoms with van der Waals surface area (Å²) in [5, 5.41) is 5.89. The second kappa shape index (κ2) is 9.52. The Bertz CT molecular complexity index is 853. The van der Waals surface area contributed by atoms with Crippen molar-refractivity contribution in [2.45, 2.75) is 44.8 Å². The number of anilines is 1. The van der Waals surface area contributed by atoms with Crippen molar-refractivity contribution in [3.8, 4) is 0 Å². The molecule has 1 aromatic carbocycles. The van der Waals surface area contributed by atoms with Gasteiger partial charge in [0.1, 0.15) is 11.9 Å². The SMILES string of the molecule is Cc1cccc(C[C@H](NC(=O)[C@H]2CCCN2C)C(=O)NCc2ccc(N)nc2)c1. The van der Waals surface area contributed by atoms with Gasteiger partial charge in [-0.2, -0.15) is 0 Å². The summed E-state index contributed by atoms with van der Waals surface area (Å²) < 4.78 is 0. The number of rotatable bonds is 7. The van der Waals surface area contributed by atoms with Gasteiger partial charge in [-0.3, -0.25) is 14.5 Å². The molecule has 2 atom stereocenters. The van der Waals surface area contributed by atoms with Crippen LogP contribution in [0.4, 0.5) is 5.82 Å². The fourth-order valence-corrected chi connectivity index (χ4v) is 3.65. The van der Waals surface area contributed by atoms with Gasteiger partial charge in [0.05, 0.1) is 6.04 Å². The van der Waals surface area contributed by atoms with Crippen molar-refractivity contribution in [3.05, 3.63) is 59.3 Å². The Kier molecular flexibility index (Phi) is 6.82. The lowest BCUT2D eigenvalue weighted by Crippen LogP contribution is -2.52. The molecule has 1 saturated heterocycles. The van der Waals surface area contributed by atoms with E-state index in [1.54, 1.807) is 12.3 Å². The third-order valence-corrected chi connectivity index (χ3v) is 5.29. The minimum Gasteiger partial charge on any atom is -0.384 e. The monoisotopic (exact) mass is 395 g/mol. The van der Waals surface area contributed by atoms with Crippen molar-refractivity contribution in [1.82, 2.24) is 20.5 Å². The number of nitrogen functional groups attached to an aromatic ring is 1. The highest BCUT2D eigenvalue weighted by atomic mass is 16.2. The van der Waals surface area contributed by atoms with Gasteiger partial charge in [-0.1, -0.05) is 35.9 Å². The van der Waals surface area contributed by atoms with Crippen molar-refractivity contribution in [2.75, 3.05) is 19.3 Å². The molecule has 1 aliphatic rings. The molecule has 154 valence electrons. The highest BCUT2D eigenvalue weighted by Crippen LogP contribution is 2.15. The van der Waals surface area contributed by atoms with E-state index in [0.29, 0.717) is 18.8 Å². The summed E-state index contributed by atoms with van der Waals surface area (Å²) in [6.45, 7) is 3.24. The van der Waals surface area contributed by atoms with Gasteiger partial charge in [0.2, 0.25) is 11.8 Å². The number of aromatic nitrogens is 1. The number of nitrogens with two attached hydrogens (primary N) is 1. The number of hydrogen-bond acceptors (Lipinski definition) is 5. The van der Waals surface area contributed by atoms with E-state index < -0.39 is 6.04 Å². The summed E-state index contributed by atoms with van der Waals surface area (Å²) in [4.78, 5) is 31.8. The molecule has 7 heteroatoms. The zero-order chi connectivity index (χ0) is 20.8. The maximum Gasteiger partial charge on any atom is 0.243 e. The molecule has 29 heavy (non-hydrogen) atoms. The van der Waals surface area contributed by atoms with Crippen LogP contribution in [0.3, 0.4) is 0 Å². The quantitative estimate of drug-likeness (QED) is 0.658. The zero-order valence-electron chi connectivity index (χ0n) is 17.0. The molecule has 0 aliphatic carbocycles. The molecule has 4 N–H and O–H groups in total.